The third kappa shape index (κ3) is 53.3. The van der Waals surface area contributed by atoms with E-state index < -0.39 is 12.1 Å². The molecule has 1 unspecified atom stereocenters. The van der Waals surface area contributed by atoms with Gasteiger partial charge in [-0.05, 0) is 89.9 Å². The van der Waals surface area contributed by atoms with Gasteiger partial charge in [-0.1, -0.05) is 246 Å². The van der Waals surface area contributed by atoms with E-state index in [-0.39, 0.29) is 31.6 Å². The van der Waals surface area contributed by atoms with Crippen molar-refractivity contribution < 1.29 is 28.6 Å². The Morgan fingerprint density at radius 2 is 0.603 bits per heavy atom. The number of rotatable bonds is 50. The maximum atomic E-state index is 12.8. The van der Waals surface area contributed by atoms with Crippen LogP contribution >= 0.6 is 0 Å². The van der Waals surface area contributed by atoms with Crippen molar-refractivity contribution in [3.63, 3.8) is 0 Å². The smallest absolute Gasteiger partial charge is 0.306 e. The predicted octanol–water partition coefficient (Wildman–Crippen LogP) is 18.9. The molecule has 6 heteroatoms. The molecular formula is C62H104O6. The van der Waals surface area contributed by atoms with Crippen LogP contribution in [0, 0.1) is 0 Å². The molecule has 0 spiro atoms. The summed E-state index contributed by atoms with van der Waals surface area (Å²) in [6.45, 7) is 6.42. The van der Waals surface area contributed by atoms with E-state index in [9.17, 15) is 14.4 Å². The summed E-state index contributed by atoms with van der Waals surface area (Å²) >= 11 is 0. The van der Waals surface area contributed by atoms with Crippen molar-refractivity contribution >= 4 is 17.9 Å². The van der Waals surface area contributed by atoms with E-state index in [1.165, 1.54) is 128 Å². The lowest BCUT2D eigenvalue weighted by Crippen LogP contribution is -2.30. The molecular weight excluding hydrogens is 841 g/mol. The van der Waals surface area contributed by atoms with E-state index in [1.807, 2.05) is 12.2 Å². The Kier molecular flexibility index (Phi) is 52.9. The molecule has 0 aliphatic rings. The fourth-order valence-corrected chi connectivity index (χ4v) is 7.62. The lowest BCUT2D eigenvalue weighted by atomic mass is 10.0. The number of unbranched alkanes of at least 4 members (excludes halogenated alkanes) is 23. The number of carbonyl (C=O) groups is 3. The minimum Gasteiger partial charge on any atom is -0.462 e. The van der Waals surface area contributed by atoms with Gasteiger partial charge in [0.15, 0.2) is 6.10 Å². The zero-order chi connectivity index (χ0) is 49.3. The summed E-state index contributed by atoms with van der Waals surface area (Å²) in [6, 6.07) is 0. The standard InChI is InChI=1S/C62H104O6/c1-4-7-10-13-16-19-21-23-25-27-29-30-31-32-34-35-37-39-41-43-46-49-52-55-61(64)67-58-59(57-66-60(63)54-51-48-45-18-15-12-9-6-3)68-62(65)56-53-50-47-44-42-40-38-36-33-28-26-24-22-20-17-14-11-8-5-2/h8,11,17,20-21,23-24,26-27,29,33,36,40,42,47,50,59H,4-7,9-10,12-16,18-19,22,25,28,30-32,34-35,37-39,41,43-46,48-49,51-58H2,1-3H3/b11-8-,20-17-,23-21-,26-24-,29-27-,36-33-,42-40-,50-47-. The average molecular weight is 946 g/mol. The molecule has 0 aromatic rings. The van der Waals surface area contributed by atoms with Crippen molar-refractivity contribution in [2.45, 2.75) is 264 Å². The highest BCUT2D eigenvalue weighted by Crippen LogP contribution is 2.15. The van der Waals surface area contributed by atoms with E-state index in [1.54, 1.807) is 0 Å². The first-order chi connectivity index (χ1) is 33.5. The van der Waals surface area contributed by atoms with Gasteiger partial charge < -0.3 is 14.2 Å². The van der Waals surface area contributed by atoms with Crippen LogP contribution in [0.4, 0.5) is 0 Å². The Morgan fingerprint density at radius 3 is 0.956 bits per heavy atom. The minimum absolute atomic E-state index is 0.108. The molecule has 0 aromatic carbocycles. The van der Waals surface area contributed by atoms with Crippen LogP contribution < -0.4 is 0 Å². The van der Waals surface area contributed by atoms with Gasteiger partial charge in [-0.25, -0.2) is 0 Å². The maximum Gasteiger partial charge on any atom is 0.306 e. The topological polar surface area (TPSA) is 78.9 Å². The Morgan fingerprint density at radius 1 is 0.309 bits per heavy atom. The number of ether oxygens (including phenoxy) is 3. The fourth-order valence-electron chi connectivity index (χ4n) is 7.62. The molecule has 0 aliphatic heterocycles. The van der Waals surface area contributed by atoms with Crippen molar-refractivity contribution in [3.05, 3.63) is 97.2 Å². The molecule has 0 heterocycles. The molecule has 0 rings (SSSR count). The van der Waals surface area contributed by atoms with Crippen molar-refractivity contribution in [1.82, 2.24) is 0 Å². The second-order valence-corrected chi connectivity index (χ2v) is 18.5. The first-order valence-electron chi connectivity index (χ1n) is 28.2. The third-order valence-electron chi connectivity index (χ3n) is 11.8. The van der Waals surface area contributed by atoms with Gasteiger partial charge in [-0.3, -0.25) is 14.4 Å². The number of allylic oxidation sites excluding steroid dienone is 16. The number of esters is 3. The summed E-state index contributed by atoms with van der Waals surface area (Å²) in [5.41, 5.74) is 0. The highest BCUT2D eigenvalue weighted by atomic mass is 16.6. The van der Waals surface area contributed by atoms with Crippen LogP contribution in [0.25, 0.3) is 0 Å². The Balaban J connectivity index is 4.34. The molecule has 0 aromatic heterocycles. The summed E-state index contributed by atoms with van der Waals surface area (Å²) in [7, 11) is 0. The molecule has 388 valence electrons. The number of hydrogen-bond acceptors (Lipinski definition) is 6. The van der Waals surface area contributed by atoms with Gasteiger partial charge in [0.25, 0.3) is 0 Å². The van der Waals surface area contributed by atoms with Crippen molar-refractivity contribution in [1.29, 1.82) is 0 Å². The lowest BCUT2D eigenvalue weighted by molar-refractivity contribution is -0.166. The minimum atomic E-state index is -0.817. The molecule has 0 saturated carbocycles. The average Bonchev–Trinajstić information content (AvgIpc) is 3.34. The van der Waals surface area contributed by atoms with Gasteiger partial charge in [-0.2, -0.15) is 0 Å². The summed E-state index contributed by atoms with van der Waals surface area (Å²) in [4.78, 5) is 37.9. The highest BCUT2D eigenvalue weighted by molar-refractivity contribution is 5.71. The van der Waals surface area contributed by atoms with Crippen LogP contribution in [0.2, 0.25) is 0 Å². The lowest BCUT2D eigenvalue weighted by Gasteiger charge is -2.18. The molecule has 0 saturated heterocycles. The predicted molar refractivity (Wildman–Crippen MR) is 293 cm³/mol. The number of carbonyl (C=O) groups excluding carboxylic acids is 3. The van der Waals surface area contributed by atoms with Crippen LogP contribution in [0.3, 0.4) is 0 Å². The highest BCUT2D eigenvalue weighted by Gasteiger charge is 2.19. The van der Waals surface area contributed by atoms with Crippen molar-refractivity contribution in [2.24, 2.45) is 0 Å². The van der Waals surface area contributed by atoms with E-state index in [2.05, 4.69) is 106 Å². The molecule has 68 heavy (non-hydrogen) atoms. The van der Waals surface area contributed by atoms with Gasteiger partial charge in [0.2, 0.25) is 0 Å². The van der Waals surface area contributed by atoms with Crippen LogP contribution in [-0.4, -0.2) is 37.2 Å². The molecule has 1 atom stereocenters. The van der Waals surface area contributed by atoms with Crippen molar-refractivity contribution in [2.75, 3.05) is 13.2 Å². The SMILES string of the molecule is CC/C=C\C/C=C\C/C=C\C/C=C\C/C=C\C/C=C\CCC(=O)OC(COC(=O)CCCCCCCCCC)COC(=O)CCCCCCCCCCCCC/C=C\C/C=C\CCCCCCC. The Labute approximate surface area is 419 Å². The van der Waals surface area contributed by atoms with E-state index in [0.29, 0.717) is 19.3 Å². The van der Waals surface area contributed by atoms with Gasteiger partial charge in [0.1, 0.15) is 13.2 Å². The van der Waals surface area contributed by atoms with E-state index in [0.717, 1.165) is 83.5 Å². The zero-order valence-corrected chi connectivity index (χ0v) is 44.3. The first-order valence-corrected chi connectivity index (χ1v) is 28.2. The van der Waals surface area contributed by atoms with Crippen LogP contribution in [-0.2, 0) is 28.6 Å². The first kappa shape index (κ1) is 64.3. The van der Waals surface area contributed by atoms with Gasteiger partial charge in [0.05, 0.1) is 0 Å². The summed E-state index contributed by atoms with van der Waals surface area (Å²) in [5.74, 6) is -0.998. The van der Waals surface area contributed by atoms with Crippen LogP contribution in [0.5, 0.6) is 0 Å². The molecule has 0 amide bonds. The monoisotopic (exact) mass is 945 g/mol. The van der Waals surface area contributed by atoms with E-state index >= 15 is 0 Å². The number of hydrogen-bond donors (Lipinski definition) is 0. The van der Waals surface area contributed by atoms with E-state index in [4.69, 9.17) is 14.2 Å². The Bertz CT molecular complexity index is 1360. The normalized spacial score (nSPS) is 12.8. The maximum absolute atomic E-state index is 12.8. The molecule has 0 fully saturated rings. The zero-order valence-electron chi connectivity index (χ0n) is 44.3. The Hall–Kier alpha value is -3.67. The molecule has 6 nitrogen and oxygen atoms in total. The molecule has 0 aliphatic carbocycles. The quantitative estimate of drug-likeness (QED) is 0.0262. The van der Waals surface area contributed by atoms with Crippen LogP contribution in [0.1, 0.15) is 258 Å². The second kappa shape index (κ2) is 55.9. The van der Waals surface area contributed by atoms with Gasteiger partial charge in [-0.15, -0.1) is 0 Å². The third-order valence-corrected chi connectivity index (χ3v) is 11.8. The fraction of sp³-hybridized carbons (Fsp3) is 0.694. The van der Waals surface area contributed by atoms with Gasteiger partial charge >= 0.3 is 17.9 Å². The molecule has 0 radical (unpaired) electrons. The second-order valence-electron chi connectivity index (χ2n) is 18.5. The van der Waals surface area contributed by atoms with Crippen LogP contribution in [0.15, 0.2) is 97.2 Å². The summed E-state index contributed by atoms with van der Waals surface area (Å²) in [6.07, 6.45) is 74.3. The summed E-state index contributed by atoms with van der Waals surface area (Å²) < 4.78 is 16.7. The molecule has 0 bridgehead atoms. The summed E-state index contributed by atoms with van der Waals surface area (Å²) in [5, 5.41) is 0. The van der Waals surface area contributed by atoms with Crippen molar-refractivity contribution in [3.8, 4) is 0 Å². The van der Waals surface area contributed by atoms with Gasteiger partial charge in [0, 0.05) is 19.3 Å². The molecule has 0 N–H and O–H groups in total. The largest absolute Gasteiger partial charge is 0.462 e.